The van der Waals surface area contributed by atoms with Gasteiger partial charge in [-0.3, -0.25) is 10.2 Å². The van der Waals surface area contributed by atoms with Crippen molar-refractivity contribution in [2.24, 2.45) is 0 Å². The van der Waals surface area contributed by atoms with Crippen LogP contribution in [0.4, 0.5) is 5.69 Å². The first-order valence-corrected chi connectivity index (χ1v) is 5.68. The number of carbonyl (C=O) groups excluding carboxylic acids is 1. The molecule has 90 valence electrons. The van der Waals surface area contributed by atoms with Crippen molar-refractivity contribution >= 4 is 17.3 Å². The van der Waals surface area contributed by atoms with E-state index in [4.69, 9.17) is 5.41 Å². The quantitative estimate of drug-likeness (QED) is 0.808. The SMILES string of the molecule is C=C/C=C\C=C1/CN(c2ccccc2)C(=O)C1=N. The highest BCUT2D eigenvalue weighted by atomic mass is 16.2. The molecule has 3 heteroatoms. The highest BCUT2D eigenvalue weighted by Crippen LogP contribution is 2.22. The molecule has 1 heterocycles. The number of allylic oxidation sites excluding steroid dienone is 4. The zero-order valence-electron chi connectivity index (χ0n) is 9.97. The van der Waals surface area contributed by atoms with Crippen LogP contribution in [0.3, 0.4) is 0 Å². The number of nitrogens with zero attached hydrogens (tertiary/aromatic N) is 1. The molecule has 1 aromatic rings. The van der Waals surface area contributed by atoms with Gasteiger partial charge in [-0.1, -0.05) is 49.1 Å². The number of hydrogen-bond acceptors (Lipinski definition) is 2. The molecule has 0 atom stereocenters. The molecule has 1 N–H and O–H groups in total. The standard InChI is InChI=1S/C15H14N2O/c1-2-3-5-8-12-11-17(15(18)14(12)16)13-9-6-4-7-10-13/h2-10,16H,1,11H2/b5-3-,12-8+,16-14?. The Morgan fingerprint density at radius 3 is 2.61 bits per heavy atom. The molecule has 3 nitrogen and oxygen atoms in total. The predicted octanol–water partition coefficient (Wildman–Crippen LogP) is 2.72. The summed E-state index contributed by atoms with van der Waals surface area (Å²) in [7, 11) is 0. The van der Waals surface area contributed by atoms with Crippen LogP contribution in [0.15, 0.2) is 66.8 Å². The Morgan fingerprint density at radius 2 is 1.94 bits per heavy atom. The van der Waals surface area contributed by atoms with E-state index in [0.29, 0.717) is 6.54 Å². The van der Waals surface area contributed by atoms with Gasteiger partial charge in [0.25, 0.3) is 5.91 Å². The number of anilines is 1. The van der Waals surface area contributed by atoms with Gasteiger partial charge in [-0.25, -0.2) is 0 Å². The summed E-state index contributed by atoms with van der Waals surface area (Å²) in [6, 6.07) is 9.40. The number of para-hydroxylation sites is 1. The summed E-state index contributed by atoms with van der Waals surface area (Å²) in [5.74, 6) is -0.251. The van der Waals surface area contributed by atoms with E-state index < -0.39 is 0 Å². The van der Waals surface area contributed by atoms with Gasteiger partial charge in [0.2, 0.25) is 0 Å². The van der Waals surface area contributed by atoms with Gasteiger partial charge in [0.05, 0.1) is 6.54 Å². The van der Waals surface area contributed by atoms with E-state index in [0.717, 1.165) is 11.3 Å². The Hall–Kier alpha value is -2.42. The molecular weight excluding hydrogens is 224 g/mol. The lowest BCUT2D eigenvalue weighted by Crippen LogP contribution is -2.26. The van der Waals surface area contributed by atoms with Crippen molar-refractivity contribution in [3.63, 3.8) is 0 Å². The van der Waals surface area contributed by atoms with Crippen molar-refractivity contribution in [2.45, 2.75) is 0 Å². The van der Waals surface area contributed by atoms with Crippen molar-refractivity contribution in [2.75, 3.05) is 11.4 Å². The van der Waals surface area contributed by atoms with E-state index in [1.165, 1.54) is 0 Å². The minimum absolute atomic E-state index is 0.0626. The van der Waals surface area contributed by atoms with Crippen LogP contribution >= 0.6 is 0 Å². The first-order chi connectivity index (χ1) is 8.74. The lowest BCUT2D eigenvalue weighted by Gasteiger charge is -2.13. The van der Waals surface area contributed by atoms with Gasteiger partial charge in [-0.05, 0) is 12.1 Å². The third kappa shape index (κ3) is 2.30. The second kappa shape index (κ2) is 5.27. The summed E-state index contributed by atoms with van der Waals surface area (Å²) >= 11 is 0. The van der Waals surface area contributed by atoms with Gasteiger partial charge in [-0.15, -0.1) is 0 Å². The fourth-order valence-electron chi connectivity index (χ4n) is 1.80. The number of nitrogens with one attached hydrogen (secondary N) is 1. The molecule has 0 spiro atoms. The second-order valence-electron chi connectivity index (χ2n) is 3.91. The molecule has 1 aliphatic heterocycles. The molecule has 2 rings (SSSR count). The Kier molecular flexibility index (Phi) is 3.53. The molecule has 0 aromatic heterocycles. The minimum Gasteiger partial charge on any atom is -0.303 e. The molecule has 0 radical (unpaired) electrons. The summed E-state index contributed by atoms with van der Waals surface area (Å²) in [6.07, 6.45) is 7.01. The van der Waals surface area contributed by atoms with E-state index in [-0.39, 0.29) is 11.6 Å². The summed E-state index contributed by atoms with van der Waals surface area (Å²) in [6.45, 7) is 4.02. The highest BCUT2D eigenvalue weighted by molar-refractivity contribution is 6.51. The third-order valence-corrected chi connectivity index (χ3v) is 2.72. The summed E-state index contributed by atoms with van der Waals surface area (Å²) < 4.78 is 0. The van der Waals surface area contributed by atoms with Crippen LogP contribution in [0.5, 0.6) is 0 Å². The first-order valence-electron chi connectivity index (χ1n) is 5.68. The average Bonchev–Trinajstić information content (AvgIpc) is 2.68. The fraction of sp³-hybridized carbons (Fsp3) is 0.0667. The van der Waals surface area contributed by atoms with Crippen LogP contribution < -0.4 is 4.90 Å². The second-order valence-corrected chi connectivity index (χ2v) is 3.91. The lowest BCUT2D eigenvalue weighted by molar-refractivity contribution is -0.111. The van der Waals surface area contributed by atoms with E-state index in [1.807, 2.05) is 30.3 Å². The van der Waals surface area contributed by atoms with Gasteiger partial charge in [0.1, 0.15) is 5.71 Å². The zero-order chi connectivity index (χ0) is 13.0. The monoisotopic (exact) mass is 238 g/mol. The number of benzene rings is 1. The van der Waals surface area contributed by atoms with Crippen LogP contribution in [-0.4, -0.2) is 18.2 Å². The molecular formula is C15H14N2O. The molecule has 1 aliphatic rings. The van der Waals surface area contributed by atoms with Gasteiger partial charge in [-0.2, -0.15) is 0 Å². The average molecular weight is 238 g/mol. The Morgan fingerprint density at radius 1 is 1.22 bits per heavy atom. The van der Waals surface area contributed by atoms with Crippen molar-refractivity contribution in [3.8, 4) is 0 Å². The molecule has 0 saturated carbocycles. The van der Waals surface area contributed by atoms with Crippen LogP contribution in [0.1, 0.15) is 0 Å². The normalized spacial score (nSPS) is 18.0. The summed E-state index contributed by atoms with van der Waals surface area (Å²) in [5.41, 5.74) is 1.61. The minimum atomic E-state index is -0.251. The number of hydrogen-bond donors (Lipinski definition) is 1. The van der Waals surface area contributed by atoms with E-state index in [9.17, 15) is 4.79 Å². The molecule has 0 bridgehead atoms. The molecule has 0 unspecified atom stereocenters. The Labute approximate surface area is 106 Å². The number of amides is 1. The van der Waals surface area contributed by atoms with Crippen molar-refractivity contribution in [3.05, 3.63) is 66.8 Å². The van der Waals surface area contributed by atoms with Crippen LogP contribution in [0.2, 0.25) is 0 Å². The van der Waals surface area contributed by atoms with Gasteiger partial charge < -0.3 is 4.90 Å². The maximum atomic E-state index is 12.0. The maximum absolute atomic E-state index is 12.0. The predicted molar refractivity (Wildman–Crippen MR) is 73.9 cm³/mol. The molecule has 1 aromatic carbocycles. The third-order valence-electron chi connectivity index (χ3n) is 2.72. The smallest absolute Gasteiger partial charge is 0.276 e. The first kappa shape index (κ1) is 12.0. The summed E-state index contributed by atoms with van der Waals surface area (Å²) in [5, 5.41) is 7.81. The maximum Gasteiger partial charge on any atom is 0.276 e. The van der Waals surface area contributed by atoms with Crippen LogP contribution in [0.25, 0.3) is 0 Å². The molecule has 18 heavy (non-hydrogen) atoms. The number of rotatable bonds is 3. The Balaban J connectivity index is 2.25. The van der Waals surface area contributed by atoms with Gasteiger partial charge in [0.15, 0.2) is 0 Å². The lowest BCUT2D eigenvalue weighted by atomic mass is 10.2. The molecule has 1 fully saturated rings. The number of carbonyl (C=O) groups is 1. The van der Waals surface area contributed by atoms with E-state index >= 15 is 0 Å². The molecule has 1 saturated heterocycles. The topological polar surface area (TPSA) is 44.2 Å². The van der Waals surface area contributed by atoms with Crippen LogP contribution in [0, 0.1) is 5.41 Å². The zero-order valence-corrected chi connectivity index (χ0v) is 9.97. The molecule has 1 amide bonds. The Bertz CT molecular complexity index is 541. The largest absolute Gasteiger partial charge is 0.303 e. The highest BCUT2D eigenvalue weighted by Gasteiger charge is 2.31. The molecule has 0 aliphatic carbocycles. The van der Waals surface area contributed by atoms with Gasteiger partial charge >= 0.3 is 0 Å². The van der Waals surface area contributed by atoms with Crippen molar-refractivity contribution in [1.82, 2.24) is 0 Å². The fourth-order valence-corrected chi connectivity index (χ4v) is 1.80. The van der Waals surface area contributed by atoms with Gasteiger partial charge in [0, 0.05) is 11.3 Å². The van der Waals surface area contributed by atoms with Crippen molar-refractivity contribution < 1.29 is 4.79 Å². The van der Waals surface area contributed by atoms with Crippen molar-refractivity contribution in [1.29, 1.82) is 5.41 Å². The van der Waals surface area contributed by atoms with E-state index in [2.05, 4.69) is 6.58 Å². The van der Waals surface area contributed by atoms with E-state index in [1.54, 1.807) is 29.2 Å². The summed E-state index contributed by atoms with van der Waals surface area (Å²) in [4.78, 5) is 13.6. The van der Waals surface area contributed by atoms with Crippen LogP contribution in [-0.2, 0) is 4.79 Å².